The first-order chi connectivity index (χ1) is 10.4. The van der Waals surface area contributed by atoms with Crippen molar-refractivity contribution in [3.63, 3.8) is 0 Å². The van der Waals surface area contributed by atoms with Crippen LogP contribution in [0.5, 0.6) is 0 Å². The molecule has 1 rings (SSSR count). The third-order valence-corrected chi connectivity index (χ3v) is 3.91. The molecule has 0 saturated heterocycles. The number of carboxylic acids is 1. The van der Waals surface area contributed by atoms with Crippen molar-refractivity contribution in [2.24, 2.45) is 5.41 Å². The summed E-state index contributed by atoms with van der Waals surface area (Å²) in [6.07, 6.45) is -0.525. The van der Waals surface area contributed by atoms with Gasteiger partial charge in [-0.2, -0.15) is 0 Å². The molecular weight excluding hydrogens is 362 g/mol. The number of rotatable bonds is 5. The number of carboxylic acid groups (broad SMARTS) is 1. The Bertz CT molecular complexity index is 578. The average molecular weight is 386 g/mol. The Morgan fingerprint density at radius 2 is 1.74 bits per heavy atom. The lowest BCUT2D eigenvalue weighted by Gasteiger charge is -2.32. The zero-order valence-corrected chi connectivity index (χ0v) is 15.8. The first kappa shape index (κ1) is 19.5. The van der Waals surface area contributed by atoms with Crippen LogP contribution < -0.4 is 0 Å². The van der Waals surface area contributed by atoms with Crippen molar-refractivity contribution in [3.05, 3.63) is 34.3 Å². The fourth-order valence-electron chi connectivity index (χ4n) is 1.89. The fraction of sp³-hybridized carbons (Fsp3) is 0.529. The summed E-state index contributed by atoms with van der Waals surface area (Å²) >= 11 is 3.45. The monoisotopic (exact) mass is 385 g/mol. The van der Waals surface area contributed by atoms with Gasteiger partial charge in [-0.15, -0.1) is 0 Å². The highest BCUT2D eigenvalue weighted by atomic mass is 79.9. The van der Waals surface area contributed by atoms with Crippen molar-refractivity contribution in [1.29, 1.82) is 0 Å². The molecule has 0 aromatic heterocycles. The largest absolute Gasteiger partial charge is 0.481 e. The summed E-state index contributed by atoms with van der Waals surface area (Å²) < 4.78 is 6.28. The van der Waals surface area contributed by atoms with Crippen LogP contribution in [0.2, 0.25) is 0 Å². The van der Waals surface area contributed by atoms with Crippen LogP contribution in [0.1, 0.15) is 40.2 Å². The summed E-state index contributed by atoms with van der Waals surface area (Å²) in [7, 11) is 0. The second-order valence-electron chi connectivity index (χ2n) is 7.12. The number of carbonyl (C=O) groups excluding carboxylic acids is 1. The van der Waals surface area contributed by atoms with Gasteiger partial charge in [-0.25, -0.2) is 4.79 Å². The normalized spacial score (nSPS) is 11.9. The molecule has 0 aliphatic heterocycles. The van der Waals surface area contributed by atoms with Crippen molar-refractivity contribution in [2.45, 2.75) is 46.8 Å². The molecule has 128 valence electrons. The van der Waals surface area contributed by atoms with Crippen molar-refractivity contribution in [1.82, 2.24) is 4.90 Å². The molecular formula is C17H24BrNO4. The van der Waals surface area contributed by atoms with Crippen LogP contribution in [0.25, 0.3) is 0 Å². The molecule has 6 heteroatoms. The molecule has 5 nitrogen and oxygen atoms in total. The molecule has 0 atom stereocenters. The zero-order chi connectivity index (χ0) is 17.8. The van der Waals surface area contributed by atoms with Crippen molar-refractivity contribution in [3.8, 4) is 0 Å². The minimum Gasteiger partial charge on any atom is -0.481 e. The van der Waals surface area contributed by atoms with Crippen molar-refractivity contribution >= 4 is 28.0 Å². The van der Waals surface area contributed by atoms with E-state index < -0.39 is 23.1 Å². The highest BCUT2D eigenvalue weighted by molar-refractivity contribution is 9.10. The van der Waals surface area contributed by atoms with Crippen LogP contribution in [0.4, 0.5) is 4.79 Å². The van der Waals surface area contributed by atoms with E-state index in [1.165, 1.54) is 4.90 Å². The molecule has 1 aromatic rings. The molecule has 1 aromatic carbocycles. The van der Waals surface area contributed by atoms with E-state index in [-0.39, 0.29) is 13.1 Å². The molecule has 0 aliphatic carbocycles. The topological polar surface area (TPSA) is 66.8 Å². The minimum atomic E-state index is -1.07. The maximum Gasteiger partial charge on any atom is 0.410 e. The summed E-state index contributed by atoms with van der Waals surface area (Å²) in [5.74, 6) is -0.960. The molecule has 0 fully saturated rings. The molecule has 23 heavy (non-hydrogen) atoms. The summed E-state index contributed by atoms with van der Waals surface area (Å²) in [4.78, 5) is 25.3. The van der Waals surface area contributed by atoms with E-state index >= 15 is 0 Å². The van der Waals surface area contributed by atoms with Gasteiger partial charge in [-0.1, -0.05) is 34.1 Å². The third kappa shape index (κ3) is 6.22. The number of benzene rings is 1. The van der Waals surface area contributed by atoms with E-state index in [9.17, 15) is 14.7 Å². The minimum absolute atomic E-state index is 0.0541. The summed E-state index contributed by atoms with van der Waals surface area (Å²) in [5.41, 5.74) is -0.825. The van der Waals surface area contributed by atoms with Gasteiger partial charge in [0.25, 0.3) is 0 Å². The van der Waals surface area contributed by atoms with Crippen LogP contribution in [0, 0.1) is 5.41 Å². The van der Waals surface area contributed by atoms with Crippen molar-refractivity contribution < 1.29 is 19.4 Å². The molecule has 0 radical (unpaired) electrons. The first-order valence-electron chi connectivity index (χ1n) is 7.37. The maximum absolute atomic E-state index is 12.5. The van der Waals surface area contributed by atoms with Gasteiger partial charge in [-0.05, 0) is 46.2 Å². The Hall–Kier alpha value is -1.56. The van der Waals surface area contributed by atoms with E-state index in [1.807, 2.05) is 24.3 Å². The Morgan fingerprint density at radius 1 is 1.17 bits per heavy atom. The molecule has 1 N–H and O–H groups in total. The average Bonchev–Trinajstić information content (AvgIpc) is 2.38. The molecule has 1 amide bonds. The molecule has 0 unspecified atom stereocenters. The second kappa shape index (κ2) is 7.34. The molecule has 0 spiro atoms. The Labute approximate surface area is 145 Å². The van der Waals surface area contributed by atoms with Crippen LogP contribution in [-0.4, -0.2) is 34.2 Å². The van der Waals surface area contributed by atoms with Gasteiger partial charge in [0.05, 0.1) is 12.0 Å². The van der Waals surface area contributed by atoms with Crippen LogP contribution in [0.3, 0.4) is 0 Å². The van der Waals surface area contributed by atoms with Crippen molar-refractivity contribution in [2.75, 3.05) is 6.54 Å². The standard InChI is InChI=1S/C17H24BrNO4/c1-16(2,3)23-15(22)19(11-17(4,5)14(20)21)10-12-8-6-7-9-13(12)18/h6-9H,10-11H2,1-5H3,(H,20,21). The van der Waals surface area contributed by atoms with E-state index in [2.05, 4.69) is 15.9 Å². The quantitative estimate of drug-likeness (QED) is 0.820. The van der Waals surface area contributed by atoms with Gasteiger partial charge in [0, 0.05) is 11.0 Å². The van der Waals surface area contributed by atoms with Gasteiger partial charge >= 0.3 is 12.1 Å². The number of aliphatic carboxylic acids is 1. The number of carbonyl (C=O) groups is 2. The highest BCUT2D eigenvalue weighted by Gasteiger charge is 2.33. The number of ether oxygens (including phenoxy) is 1. The summed E-state index contributed by atoms with van der Waals surface area (Å²) in [6.45, 7) is 8.85. The smallest absolute Gasteiger partial charge is 0.410 e. The lowest BCUT2D eigenvalue weighted by Crippen LogP contribution is -2.44. The third-order valence-electron chi connectivity index (χ3n) is 3.14. The second-order valence-corrected chi connectivity index (χ2v) is 7.97. The van der Waals surface area contributed by atoms with Gasteiger partial charge in [-0.3, -0.25) is 4.79 Å². The maximum atomic E-state index is 12.5. The molecule has 0 heterocycles. The number of hydrogen-bond acceptors (Lipinski definition) is 3. The molecule has 0 aliphatic rings. The number of hydrogen-bond donors (Lipinski definition) is 1. The Balaban J connectivity index is 3.04. The van der Waals surface area contributed by atoms with Gasteiger partial charge in [0.2, 0.25) is 0 Å². The van der Waals surface area contributed by atoms with E-state index in [4.69, 9.17) is 4.74 Å². The Kier molecular flexibility index (Phi) is 6.22. The van der Waals surface area contributed by atoms with Crippen LogP contribution in [-0.2, 0) is 16.1 Å². The summed E-state index contributed by atoms with van der Waals surface area (Å²) in [6, 6.07) is 7.52. The zero-order valence-electron chi connectivity index (χ0n) is 14.2. The first-order valence-corrected chi connectivity index (χ1v) is 8.16. The SMILES string of the molecule is CC(C)(C)OC(=O)N(Cc1ccccc1Br)CC(C)(C)C(=O)O. The fourth-order valence-corrected chi connectivity index (χ4v) is 2.30. The van der Waals surface area contributed by atoms with Gasteiger partial charge < -0.3 is 14.7 Å². The molecule has 0 bridgehead atoms. The van der Waals surface area contributed by atoms with E-state index in [0.29, 0.717) is 0 Å². The van der Waals surface area contributed by atoms with Gasteiger partial charge in [0.15, 0.2) is 0 Å². The van der Waals surface area contributed by atoms with Crippen LogP contribution >= 0.6 is 15.9 Å². The van der Waals surface area contributed by atoms with Crippen LogP contribution in [0.15, 0.2) is 28.7 Å². The number of halogens is 1. The highest BCUT2D eigenvalue weighted by Crippen LogP contribution is 2.24. The predicted octanol–water partition coefficient (Wildman–Crippen LogP) is 4.30. The number of amides is 1. The van der Waals surface area contributed by atoms with E-state index in [1.54, 1.807) is 34.6 Å². The van der Waals surface area contributed by atoms with Gasteiger partial charge in [0.1, 0.15) is 5.60 Å². The number of nitrogens with zero attached hydrogens (tertiary/aromatic N) is 1. The van der Waals surface area contributed by atoms with E-state index in [0.717, 1.165) is 10.0 Å². The lowest BCUT2D eigenvalue weighted by molar-refractivity contribution is -0.147. The summed E-state index contributed by atoms with van der Waals surface area (Å²) in [5, 5.41) is 9.34. The Morgan fingerprint density at radius 3 is 2.22 bits per heavy atom. The molecule has 0 saturated carbocycles. The predicted molar refractivity (Wildman–Crippen MR) is 92.2 cm³/mol. The lowest BCUT2D eigenvalue weighted by atomic mass is 9.93.